The van der Waals surface area contributed by atoms with Crippen LogP contribution < -0.4 is 0 Å². The van der Waals surface area contributed by atoms with Crippen LogP contribution in [0.25, 0.3) is 11.4 Å². The fourth-order valence-electron chi connectivity index (χ4n) is 1.87. The molecule has 1 amide bonds. The van der Waals surface area contributed by atoms with Crippen molar-refractivity contribution in [3.05, 3.63) is 18.1 Å². The molecule has 0 saturated carbocycles. The second kappa shape index (κ2) is 7.13. The fraction of sp³-hybridized carbons (Fsp3) is 0.429. The fourth-order valence-corrected chi connectivity index (χ4v) is 2.72. The summed E-state index contributed by atoms with van der Waals surface area (Å²) in [4.78, 5) is 13.5. The Balaban J connectivity index is 2.01. The van der Waals surface area contributed by atoms with Crippen molar-refractivity contribution in [3.8, 4) is 17.5 Å². The van der Waals surface area contributed by atoms with E-state index in [9.17, 15) is 4.79 Å². The molecule has 2 aromatic rings. The minimum atomic E-state index is -0.0377. The Morgan fingerprint density at radius 3 is 2.95 bits per heavy atom. The highest BCUT2D eigenvalue weighted by Gasteiger charge is 2.16. The van der Waals surface area contributed by atoms with Crippen molar-refractivity contribution in [2.45, 2.75) is 18.5 Å². The van der Waals surface area contributed by atoms with Crippen LogP contribution in [0.1, 0.15) is 12.2 Å². The van der Waals surface area contributed by atoms with E-state index in [1.165, 1.54) is 11.8 Å². The topological polar surface area (TPSA) is 88.0 Å². The lowest BCUT2D eigenvalue weighted by molar-refractivity contribution is -0.127. The van der Waals surface area contributed by atoms with Crippen molar-refractivity contribution in [2.24, 2.45) is 7.05 Å². The predicted octanol–water partition coefficient (Wildman–Crippen LogP) is 1.85. The summed E-state index contributed by atoms with van der Waals surface area (Å²) >= 11 is 1.33. The van der Waals surface area contributed by atoms with Crippen molar-refractivity contribution in [2.75, 3.05) is 19.3 Å². The lowest BCUT2D eigenvalue weighted by atomic mass is 10.2. The van der Waals surface area contributed by atoms with Crippen LogP contribution in [-0.4, -0.2) is 44.9 Å². The molecular weight excluding hydrogens is 302 g/mol. The van der Waals surface area contributed by atoms with Crippen LogP contribution in [0.15, 0.2) is 21.9 Å². The Bertz CT molecular complexity index is 700. The quantitative estimate of drug-likeness (QED) is 0.755. The van der Waals surface area contributed by atoms with E-state index >= 15 is 0 Å². The molecule has 0 aliphatic rings. The van der Waals surface area contributed by atoms with Gasteiger partial charge in [-0.05, 0) is 13.0 Å². The number of rotatable bonds is 6. The molecule has 0 atom stereocenters. The maximum atomic E-state index is 11.9. The van der Waals surface area contributed by atoms with Gasteiger partial charge in [0.2, 0.25) is 5.91 Å². The zero-order valence-electron chi connectivity index (χ0n) is 12.7. The van der Waals surface area contributed by atoms with Crippen molar-refractivity contribution in [1.29, 1.82) is 5.26 Å². The van der Waals surface area contributed by atoms with Crippen LogP contribution in [0, 0.1) is 18.3 Å². The number of nitrogens with zero attached hydrogens (tertiary/aromatic N) is 5. The first-order valence-electron chi connectivity index (χ1n) is 6.72. The van der Waals surface area contributed by atoms with E-state index in [0.29, 0.717) is 23.9 Å². The molecule has 0 spiro atoms. The van der Waals surface area contributed by atoms with Crippen LogP contribution >= 0.6 is 11.8 Å². The van der Waals surface area contributed by atoms with Crippen molar-refractivity contribution in [1.82, 2.24) is 19.7 Å². The van der Waals surface area contributed by atoms with Gasteiger partial charge in [0.1, 0.15) is 5.76 Å². The number of carbonyl (C=O) groups is 1. The second-order valence-corrected chi connectivity index (χ2v) is 5.71. The lowest BCUT2D eigenvalue weighted by Gasteiger charge is -2.14. The van der Waals surface area contributed by atoms with Gasteiger partial charge in [0, 0.05) is 20.6 Å². The zero-order chi connectivity index (χ0) is 16.1. The lowest BCUT2D eigenvalue weighted by Crippen LogP contribution is -2.29. The number of nitriles is 1. The summed E-state index contributed by atoms with van der Waals surface area (Å²) in [6.45, 7) is 2.30. The van der Waals surface area contributed by atoms with E-state index < -0.39 is 0 Å². The van der Waals surface area contributed by atoms with Crippen LogP contribution in [0.5, 0.6) is 0 Å². The Hall–Kier alpha value is -2.27. The maximum Gasteiger partial charge on any atom is 0.232 e. The average molecular weight is 319 g/mol. The highest BCUT2D eigenvalue weighted by Crippen LogP contribution is 2.25. The first-order valence-corrected chi connectivity index (χ1v) is 7.70. The van der Waals surface area contributed by atoms with Gasteiger partial charge in [-0.2, -0.15) is 5.26 Å². The Labute approximate surface area is 132 Å². The van der Waals surface area contributed by atoms with Crippen molar-refractivity contribution in [3.63, 3.8) is 0 Å². The number of furan rings is 1. The summed E-state index contributed by atoms with van der Waals surface area (Å²) in [5.41, 5.74) is 0.888. The number of aromatic nitrogens is 3. The molecule has 0 fully saturated rings. The minimum Gasteiger partial charge on any atom is -0.469 e. The number of hydrogen-bond donors (Lipinski definition) is 0. The molecule has 0 aliphatic heterocycles. The molecule has 0 aliphatic carbocycles. The smallest absolute Gasteiger partial charge is 0.232 e. The summed E-state index contributed by atoms with van der Waals surface area (Å²) in [7, 11) is 3.55. The van der Waals surface area contributed by atoms with Crippen LogP contribution in [0.3, 0.4) is 0 Å². The van der Waals surface area contributed by atoms with Crippen molar-refractivity contribution >= 4 is 17.7 Å². The minimum absolute atomic E-state index is 0.0377. The molecule has 0 N–H and O–H groups in total. The molecule has 2 aromatic heterocycles. The molecule has 8 heteroatoms. The molecule has 0 saturated heterocycles. The van der Waals surface area contributed by atoms with Gasteiger partial charge in [-0.3, -0.25) is 4.79 Å². The maximum absolute atomic E-state index is 11.9. The first kappa shape index (κ1) is 16.1. The number of aryl methyl sites for hydroxylation is 1. The third-order valence-electron chi connectivity index (χ3n) is 3.24. The Morgan fingerprint density at radius 2 is 2.32 bits per heavy atom. The number of amides is 1. The zero-order valence-corrected chi connectivity index (χ0v) is 13.6. The first-order chi connectivity index (χ1) is 10.5. The molecule has 0 bridgehead atoms. The van der Waals surface area contributed by atoms with E-state index in [1.807, 2.05) is 30.7 Å². The van der Waals surface area contributed by atoms with Gasteiger partial charge in [0.15, 0.2) is 11.0 Å². The Kier molecular flexibility index (Phi) is 5.22. The van der Waals surface area contributed by atoms with Crippen molar-refractivity contribution < 1.29 is 9.21 Å². The molecule has 0 radical (unpaired) electrons. The Morgan fingerprint density at radius 1 is 1.55 bits per heavy atom. The van der Waals surface area contributed by atoms with Gasteiger partial charge in [0.25, 0.3) is 0 Å². The molecular formula is C14H17N5O2S. The molecule has 2 heterocycles. The predicted molar refractivity (Wildman–Crippen MR) is 82.0 cm³/mol. The van der Waals surface area contributed by atoms with E-state index in [1.54, 1.807) is 18.2 Å². The van der Waals surface area contributed by atoms with Crippen LogP contribution in [0.2, 0.25) is 0 Å². The van der Waals surface area contributed by atoms with Gasteiger partial charge in [0.05, 0.1) is 30.1 Å². The largest absolute Gasteiger partial charge is 0.469 e. The van der Waals surface area contributed by atoms with Gasteiger partial charge in [-0.25, -0.2) is 0 Å². The number of hydrogen-bond acceptors (Lipinski definition) is 6. The molecule has 116 valence electrons. The van der Waals surface area contributed by atoms with Gasteiger partial charge < -0.3 is 13.9 Å². The van der Waals surface area contributed by atoms with Gasteiger partial charge >= 0.3 is 0 Å². The molecule has 7 nitrogen and oxygen atoms in total. The summed E-state index contributed by atoms with van der Waals surface area (Å²) in [6.07, 6.45) is 1.95. The molecule has 0 aromatic carbocycles. The van der Waals surface area contributed by atoms with E-state index in [0.717, 1.165) is 11.3 Å². The number of thioether (sulfide) groups is 1. The highest BCUT2D eigenvalue weighted by atomic mass is 32.2. The molecule has 22 heavy (non-hydrogen) atoms. The van der Waals surface area contributed by atoms with E-state index in [2.05, 4.69) is 10.2 Å². The SMILES string of the molecule is Cc1occc1-c1nnc(SCC(=O)N(C)CCC#N)n1C. The summed E-state index contributed by atoms with van der Waals surface area (Å²) < 4.78 is 7.11. The number of carbonyl (C=O) groups excluding carboxylic acids is 1. The van der Waals surface area contributed by atoms with Gasteiger partial charge in [-0.1, -0.05) is 11.8 Å². The van der Waals surface area contributed by atoms with E-state index in [-0.39, 0.29) is 11.7 Å². The third-order valence-corrected chi connectivity index (χ3v) is 4.25. The van der Waals surface area contributed by atoms with Gasteiger partial charge in [-0.15, -0.1) is 10.2 Å². The molecule has 2 rings (SSSR count). The summed E-state index contributed by atoms with van der Waals surface area (Å²) in [5.74, 6) is 1.71. The summed E-state index contributed by atoms with van der Waals surface area (Å²) in [5, 5.41) is 17.5. The van der Waals surface area contributed by atoms with Crippen LogP contribution in [0.4, 0.5) is 0 Å². The average Bonchev–Trinajstić information content (AvgIpc) is 3.08. The third kappa shape index (κ3) is 3.49. The molecule has 0 unspecified atom stereocenters. The second-order valence-electron chi connectivity index (χ2n) is 4.77. The monoisotopic (exact) mass is 319 g/mol. The standard InChI is InChI=1S/C14H17N5O2S/c1-10-11(5-8-21-10)13-16-17-14(19(13)3)22-9-12(20)18(2)7-4-6-15/h5,8H,4,7,9H2,1-3H3. The summed E-state index contributed by atoms with van der Waals surface area (Å²) in [6, 6.07) is 3.87. The van der Waals surface area contributed by atoms with Crippen LogP contribution in [-0.2, 0) is 11.8 Å². The highest BCUT2D eigenvalue weighted by molar-refractivity contribution is 7.99. The van der Waals surface area contributed by atoms with E-state index in [4.69, 9.17) is 9.68 Å². The normalized spacial score (nSPS) is 10.5.